The Balaban J connectivity index is 1.56. The molecule has 1 saturated heterocycles. The minimum atomic E-state index is -3.87. The Morgan fingerprint density at radius 2 is 1.56 bits per heavy atom. The van der Waals surface area contributed by atoms with E-state index in [0.29, 0.717) is 5.56 Å². The van der Waals surface area contributed by atoms with Crippen molar-refractivity contribution in [2.45, 2.75) is 23.9 Å². The molecule has 0 aromatic heterocycles. The van der Waals surface area contributed by atoms with E-state index in [1.807, 2.05) is 0 Å². The highest BCUT2D eigenvalue weighted by atomic mass is 32.3. The standard InChI is InChI=1S/C24H22F2N2O3S/c25-20-10-6-17(7-11-20)15-27-24(29)19-14-23(18-8-12-21(26)13-9-18)28(16-19)32(30,31)22-4-2-1-3-5-22/h1-13,19,23H,14-16H2,(H-,27,29,30,31)/t19-,23+/m1/s1. The fourth-order valence-corrected chi connectivity index (χ4v) is 5.60. The summed E-state index contributed by atoms with van der Waals surface area (Å²) in [5, 5.41) is 2.81. The van der Waals surface area contributed by atoms with Crippen LogP contribution in [0.1, 0.15) is 23.6 Å². The molecular weight excluding hydrogens is 434 g/mol. The Bertz CT molecular complexity index is 1120. The van der Waals surface area contributed by atoms with E-state index in [1.165, 1.54) is 40.7 Å². The van der Waals surface area contributed by atoms with Crippen molar-refractivity contribution >= 4 is 16.3 Å². The van der Waals surface area contributed by atoms with Crippen LogP contribution in [0.4, 0.5) is 8.78 Å². The molecule has 0 bridgehead atoms. The third-order valence-electron chi connectivity index (χ3n) is 5.61. The summed E-state index contributed by atoms with van der Waals surface area (Å²) >= 11 is 0. The third kappa shape index (κ3) is 4.77. The van der Waals surface area contributed by atoms with Crippen molar-refractivity contribution in [3.05, 3.63) is 102 Å². The van der Waals surface area contributed by atoms with E-state index in [-0.39, 0.29) is 36.1 Å². The van der Waals surface area contributed by atoms with Gasteiger partial charge in [-0.15, -0.1) is 4.31 Å². The first-order valence-corrected chi connectivity index (χ1v) is 11.6. The van der Waals surface area contributed by atoms with Crippen LogP contribution >= 0.6 is 0 Å². The number of hydrogen-bond acceptors (Lipinski definition) is 3. The van der Waals surface area contributed by atoms with E-state index >= 15 is 0 Å². The topological polar surface area (TPSA) is 72.5 Å². The van der Waals surface area contributed by atoms with Crippen molar-refractivity contribution in [1.29, 1.82) is 0 Å². The monoisotopic (exact) mass is 456 g/mol. The lowest BCUT2D eigenvalue weighted by Crippen LogP contribution is -2.38. The van der Waals surface area contributed by atoms with E-state index in [2.05, 4.69) is 5.32 Å². The fraction of sp³-hybridized carbons (Fsp3) is 0.208. The van der Waals surface area contributed by atoms with Gasteiger partial charge in [-0.25, -0.2) is 8.78 Å². The summed E-state index contributed by atoms with van der Waals surface area (Å²) in [6.45, 7) is 0.219. The lowest BCUT2D eigenvalue weighted by Gasteiger charge is -2.28. The zero-order valence-corrected chi connectivity index (χ0v) is 17.9. The maximum atomic E-state index is 13.4. The normalized spacial score (nSPS) is 20.6. The van der Waals surface area contributed by atoms with Gasteiger partial charge in [0.05, 0.1) is 18.5 Å². The van der Waals surface area contributed by atoms with Crippen molar-refractivity contribution in [3.63, 3.8) is 0 Å². The highest BCUT2D eigenvalue weighted by molar-refractivity contribution is 7.95. The Hall–Kier alpha value is -2.94. The van der Waals surface area contributed by atoms with Crippen LogP contribution in [0.3, 0.4) is 0 Å². The zero-order chi connectivity index (χ0) is 22.7. The van der Waals surface area contributed by atoms with Gasteiger partial charge in [-0.2, -0.15) is 0 Å². The van der Waals surface area contributed by atoms with Crippen molar-refractivity contribution < 1.29 is 22.3 Å². The summed E-state index contributed by atoms with van der Waals surface area (Å²) in [7, 11) is -3.87. The lowest BCUT2D eigenvalue weighted by atomic mass is 9.99. The Kier molecular flexibility index (Phi) is 6.45. The van der Waals surface area contributed by atoms with Crippen LogP contribution in [-0.2, 0) is 25.9 Å². The molecule has 1 N–H and O–H groups in total. The molecule has 1 heterocycles. The first-order chi connectivity index (χ1) is 15.3. The van der Waals surface area contributed by atoms with Crippen LogP contribution in [0.2, 0.25) is 0 Å². The minimum Gasteiger partial charge on any atom is -0.593 e. The molecule has 4 rings (SSSR count). The van der Waals surface area contributed by atoms with Gasteiger partial charge in [0.2, 0.25) is 5.91 Å². The van der Waals surface area contributed by atoms with Crippen molar-refractivity contribution in [2.75, 3.05) is 6.54 Å². The Morgan fingerprint density at radius 1 is 0.969 bits per heavy atom. The summed E-state index contributed by atoms with van der Waals surface area (Å²) in [6, 6.07) is 18.9. The molecule has 1 unspecified atom stereocenters. The average molecular weight is 457 g/mol. The number of amides is 1. The molecule has 3 aromatic carbocycles. The molecule has 166 valence electrons. The minimum absolute atomic E-state index is 0.00845. The van der Waals surface area contributed by atoms with Crippen molar-refractivity contribution in [1.82, 2.24) is 9.62 Å². The van der Waals surface area contributed by atoms with Crippen LogP contribution in [0.25, 0.3) is 0 Å². The number of hydrogen-bond donors (Lipinski definition) is 1. The Morgan fingerprint density at radius 3 is 2.19 bits per heavy atom. The number of carbonyl (C=O) groups excluding carboxylic acids is 1. The molecule has 0 spiro atoms. The van der Waals surface area contributed by atoms with Gasteiger partial charge in [0.15, 0.2) is 15.3 Å². The van der Waals surface area contributed by atoms with Gasteiger partial charge in [-0.3, -0.25) is 4.79 Å². The van der Waals surface area contributed by atoms with Gasteiger partial charge < -0.3 is 9.87 Å². The van der Waals surface area contributed by atoms with Crippen LogP contribution in [-0.4, -0.2) is 21.3 Å². The molecule has 8 heteroatoms. The van der Waals surface area contributed by atoms with Crippen LogP contribution in [0, 0.1) is 17.6 Å². The maximum absolute atomic E-state index is 13.4. The summed E-state index contributed by atoms with van der Waals surface area (Å²) in [6.07, 6.45) is 0.271. The number of nitrogens with one attached hydrogen (secondary N) is 1. The molecule has 0 radical (unpaired) electrons. The van der Waals surface area contributed by atoms with E-state index < -0.39 is 28.2 Å². The number of nitrogens with zero attached hydrogens (tertiary/aromatic N) is 1. The summed E-state index contributed by atoms with van der Waals surface area (Å²) in [5.74, 6) is -1.64. The van der Waals surface area contributed by atoms with Gasteiger partial charge >= 0.3 is 0 Å². The molecule has 32 heavy (non-hydrogen) atoms. The van der Waals surface area contributed by atoms with Crippen LogP contribution < -0.4 is 5.32 Å². The molecule has 1 amide bonds. The quantitative estimate of drug-likeness (QED) is 0.564. The molecule has 0 saturated carbocycles. The fourth-order valence-electron chi connectivity index (χ4n) is 3.91. The van der Waals surface area contributed by atoms with Gasteiger partial charge in [-0.1, -0.05) is 46.7 Å². The molecule has 5 nitrogen and oxygen atoms in total. The first kappa shape index (κ1) is 22.3. The maximum Gasteiger partial charge on any atom is 0.224 e. The van der Waals surface area contributed by atoms with E-state index in [1.54, 1.807) is 42.5 Å². The molecular formula is C24H22F2N2O3S. The lowest BCUT2D eigenvalue weighted by molar-refractivity contribution is -0.124. The van der Waals surface area contributed by atoms with Gasteiger partial charge in [0.1, 0.15) is 11.6 Å². The third-order valence-corrected chi connectivity index (χ3v) is 7.50. The second-order valence-electron chi connectivity index (χ2n) is 7.73. The van der Waals surface area contributed by atoms with E-state index in [9.17, 15) is 22.3 Å². The molecule has 0 aliphatic carbocycles. The molecule has 1 fully saturated rings. The van der Waals surface area contributed by atoms with Gasteiger partial charge in [0.25, 0.3) is 0 Å². The number of sulfonamides is 1. The van der Waals surface area contributed by atoms with Crippen molar-refractivity contribution in [2.24, 2.45) is 5.92 Å². The zero-order valence-electron chi connectivity index (χ0n) is 17.1. The summed E-state index contributed by atoms with van der Waals surface area (Å²) in [5.41, 5.74) is 1.36. The predicted octanol–water partition coefficient (Wildman–Crippen LogP) is 4.25. The number of rotatable bonds is 6. The summed E-state index contributed by atoms with van der Waals surface area (Å²) < 4.78 is 54.5. The van der Waals surface area contributed by atoms with Gasteiger partial charge in [-0.05, 0) is 53.9 Å². The smallest absolute Gasteiger partial charge is 0.224 e. The number of halogens is 2. The molecule has 3 aromatic rings. The summed E-state index contributed by atoms with van der Waals surface area (Å²) in [4.78, 5) is 13.0. The molecule has 1 aliphatic rings. The van der Waals surface area contributed by atoms with Crippen LogP contribution in [0.15, 0.2) is 83.8 Å². The Labute approximate surface area is 186 Å². The van der Waals surface area contributed by atoms with Crippen molar-refractivity contribution in [3.8, 4) is 0 Å². The molecule has 1 aliphatic heterocycles. The van der Waals surface area contributed by atoms with Gasteiger partial charge in [0, 0.05) is 6.54 Å². The second kappa shape index (κ2) is 9.28. The van der Waals surface area contributed by atoms with E-state index in [0.717, 1.165) is 5.56 Å². The largest absolute Gasteiger partial charge is 0.593 e. The predicted molar refractivity (Wildman–Crippen MR) is 116 cm³/mol. The highest BCUT2D eigenvalue weighted by Crippen LogP contribution is 2.41. The number of benzene rings is 3. The first-order valence-electron chi connectivity index (χ1n) is 10.2. The second-order valence-corrected chi connectivity index (χ2v) is 9.62. The van der Waals surface area contributed by atoms with Crippen LogP contribution in [0.5, 0.6) is 0 Å². The number of carbonyl (C=O) groups is 1. The molecule has 3 atom stereocenters. The van der Waals surface area contributed by atoms with E-state index in [4.69, 9.17) is 0 Å². The SMILES string of the molecule is O=C(NCc1ccc(F)cc1)[C@@H]1C[C@@H](c2ccc(F)cc2)N([S+](=O)([O-])c2ccccc2)C1. The average Bonchev–Trinajstić information content (AvgIpc) is 3.26. The highest BCUT2D eigenvalue weighted by Gasteiger charge is 2.46.